The number of methoxy groups -OCH3 is 1. The van der Waals surface area contributed by atoms with Gasteiger partial charge in [-0.2, -0.15) is 0 Å². The molecule has 0 aliphatic heterocycles. The Morgan fingerprint density at radius 1 is 1.09 bits per heavy atom. The highest BCUT2D eigenvalue weighted by Crippen LogP contribution is 2.23. The van der Waals surface area contributed by atoms with Crippen LogP contribution in [0, 0.1) is 13.8 Å². The predicted octanol–water partition coefficient (Wildman–Crippen LogP) is 2.59. The molecule has 2 rings (SSSR count). The topological polar surface area (TPSA) is 81.4 Å². The van der Waals surface area contributed by atoms with Crippen molar-refractivity contribution in [2.24, 2.45) is 5.73 Å². The van der Waals surface area contributed by atoms with Crippen LogP contribution in [0.3, 0.4) is 0 Å². The van der Waals surface area contributed by atoms with Crippen molar-refractivity contribution in [3.8, 4) is 5.75 Å². The molecule has 0 aliphatic carbocycles. The summed E-state index contributed by atoms with van der Waals surface area (Å²) in [5.41, 5.74) is 9.17. The van der Waals surface area contributed by atoms with Crippen molar-refractivity contribution < 1.29 is 14.3 Å². The monoisotopic (exact) mass is 312 g/mol. The molecule has 0 saturated carbocycles. The van der Waals surface area contributed by atoms with E-state index < -0.39 is 5.91 Å². The predicted molar refractivity (Wildman–Crippen MR) is 89.8 cm³/mol. The number of ether oxygens (including phenoxy) is 1. The number of amides is 2. The second kappa shape index (κ2) is 6.96. The highest BCUT2D eigenvalue weighted by atomic mass is 16.5. The number of anilines is 1. The Labute approximate surface area is 135 Å². The van der Waals surface area contributed by atoms with Crippen LogP contribution in [-0.4, -0.2) is 18.9 Å². The number of nitrogens with one attached hydrogen (secondary N) is 1. The number of primary amides is 1. The van der Waals surface area contributed by atoms with Crippen molar-refractivity contribution in [3.63, 3.8) is 0 Å². The molecule has 120 valence electrons. The minimum absolute atomic E-state index is 0.121. The Balaban J connectivity index is 2.07. The van der Waals surface area contributed by atoms with Gasteiger partial charge >= 0.3 is 0 Å². The summed E-state index contributed by atoms with van der Waals surface area (Å²) in [5, 5.41) is 2.81. The van der Waals surface area contributed by atoms with Crippen molar-refractivity contribution in [2.75, 3.05) is 12.4 Å². The molecule has 0 unspecified atom stereocenters. The molecule has 5 nitrogen and oxygen atoms in total. The van der Waals surface area contributed by atoms with Crippen molar-refractivity contribution in [1.29, 1.82) is 0 Å². The van der Waals surface area contributed by atoms with E-state index in [-0.39, 0.29) is 12.3 Å². The SMILES string of the molecule is COc1cc(C)c(CC(=O)Nc2ccc(C(N)=O)cc2)cc1C. The molecule has 0 fully saturated rings. The van der Waals surface area contributed by atoms with E-state index in [4.69, 9.17) is 10.5 Å². The van der Waals surface area contributed by atoms with Gasteiger partial charge in [0.1, 0.15) is 5.75 Å². The summed E-state index contributed by atoms with van der Waals surface area (Å²) in [7, 11) is 1.63. The zero-order valence-corrected chi connectivity index (χ0v) is 13.5. The van der Waals surface area contributed by atoms with E-state index in [0.29, 0.717) is 11.3 Å². The smallest absolute Gasteiger partial charge is 0.248 e. The van der Waals surface area contributed by atoms with Crippen LogP contribution >= 0.6 is 0 Å². The highest BCUT2D eigenvalue weighted by Gasteiger charge is 2.10. The Morgan fingerprint density at radius 3 is 2.30 bits per heavy atom. The van der Waals surface area contributed by atoms with E-state index in [2.05, 4.69) is 5.32 Å². The van der Waals surface area contributed by atoms with Crippen molar-refractivity contribution in [3.05, 3.63) is 58.7 Å². The van der Waals surface area contributed by atoms with Gasteiger partial charge in [-0.15, -0.1) is 0 Å². The quantitative estimate of drug-likeness (QED) is 0.890. The lowest BCUT2D eigenvalue weighted by Gasteiger charge is -2.11. The Bertz CT molecular complexity index is 737. The molecule has 0 aromatic heterocycles. The number of carbonyl (C=O) groups excluding carboxylic acids is 2. The first-order valence-electron chi connectivity index (χ1n) is 7.24. The number of carbonyl (C=O) groups is 2. The van der Waals surface area contributed by atoms with Gasteiger partial charge in [0.25, 0.3) is 0 Å². The lowest BCUT2D eigenvalue weighted by atomic mass is 10.0. The van der Waals surface area contributed by atoms with Gasteiger partial charge in [0.05, 0.1) is 13.5 Å². The lowest BCUT2D eigenvalue weighted by Crippen LogP contribution is -2.16. The third-order valence-corrected chi connectivity index (χ3v) is 3.66. The molecule has 2 amide bonds. The largest absolute Gasteiger partial charge is 0.496 e. The second-order valence-electron chi connectivity index (χ2n) is 5.41. The standard InChI is InChI=1S/C18H20N2O3/c1-11-9-16(23-3)12(2)8-14(11)10-17(21)20-15-6-4-13(5-7-15)18(19)22/h4-9H,10H2,1-3H3,(H2,19,22)(H,20,21). The van der Waals surface area contributed by atoms with Crippen LogP contribution in [0.4, 0.5) is 5.69 Å². The molecular formula is C18H20N2O3. The van der Waals surface area contributed by atoms with Crippen molar-refractivity contribution in [1.82, 2.24) is 0 Å². The fraction of sp³-hybridized carbons (Fsp3) is 0.222. The lowest BCUT2D eigenvalue weighted by molar-refractivity contribution is -0.115. The summed E-state index contributed by atoms with van der Waals surface area (Å²) in [6.45, 7) is 3.90. The zero-order chi connectivity index (χ0) is 17.0. The van der Waals surface area contributed by atoms with Gasteiger partial charge < -0.3 is 15.8 Å². The minimum atomic E-state index is -0.493. The van der Waals surface area contributed by atoms with Crippen molar-refractivity contribution in [2.45, 2.75) is 20.3 Å². The normalized spacial score (nSPS) is 10.2. The van der Waals surface area contributed by atoms with Gasteiger partial charge in [-0.1, -0.05) is 6.07 Å². The van der Waals surface area contributed by atoms with E-state index in [9.17, 15) is 9.59 Å². The van der Waals surface area contributed by atoms with Crippen molar-refractivity contribution >= 4 is 17.5 Å². The summed E-state index contributed by atoms with van der Waals surface area (Å²) in [4.78, 5) is 23.2. The molecule has 2 aromatic rings. The molecule has 2 aromatic carbocycles. The number of hydrogen-bond acceptors (Lipinski definition) is 3. The van der Waals surface area contributed by atoms with Gasteiger partial charge in [0.2, 0.25) is 11.8 Å². The van der Waals surface area contributed by atoms with Crippen LogP contribution in [0.15, 0.2) is 36.4 Å². The highest BCUT2D eigenvalue weighted by molar-refractivity contribution is 5.95. The molecule has 0 aliphatic rings. The molecule has 0 saturated heterocycles. The van der Waals surface area contributed by atoms with Gasteiger partial charge in [-0.3, -0.25) is 9.59 Å². The van der Waals surface area contributed by atoms with Gasteiger partial charge in [-0.05, 0) is 60.9 Å². The summed E-state index contributed by atoms with van der Waals surface area (Å²) in [5.74, 6) is 0.199. The summed E-state index contributed by atoms with van der Waals surface area (Å²) < 4.78 is 5.27. The van der Waals surface area contributed by atoms with E-state index >= 15 is 0 Å². The molecule has 0 bridgehead atoms. The molecule has 0 radical (unpaired) electrons. The van der Waals surface area contributed by atoms with Crippen LogP contribution < -0.4 is 15.8 Å². The van der Waals surface area contributed by atoms with Gasteiger partial charge in [0.15, 0.2) is 0 Å². The van der Waals surface area contributed by atoms with Crippen LogP contribution in [0.1, 0.15) is 27.0 Å². The maximum absolute atomic E-state index is 12.2. The maximum atomic E-state index is 12.2. The Hall–Kier alpha value is -2.82. The average molecular weight is 312 g/mol. The number of benzene rings is 2. The Kier molecular flexibility index (Phi) is 5.01. The van der Waals surface area contributed by atoms with Crippen LogP contribution in [0.5, 0.6) is 5.75 Å². The number of rotatable bonds is 5. The number of aryl methyl sites for hydroxylation is 2. The third kappa shape index (κ3) is 4.10. The van der Waals surface area contributed by atoms with Crippen LogP contribution in [0.25, 0.3) is 0 Å². The molecule has 3 N–H and O–H groups in total. The molecule has 23 heavy (non-hydrogen) atoms. The fourth-order valence-corrected chi connectivity index (χ4v) is 2.36. The van der Waals surface area contributed by atoms with Crippen LogP contribution in [0.2, 0.25) is 0 Å². The summed E-state index contributed by atoms with van der Waals surface area (Å²) in [6.07, 6.45) is 0.272. The fourth-order valence-electron chi connectivity index (χ4n) is 2.36. The molecule has 0 atom stereocenters. The van der Waals surface area contributed by atoms with E-state index in [1.54, 1.807) is 31.4 Å². The van der Waals surface area contributed by atoms with Gasteiger partial charge in [-0.25, -0.2) is 0 Å². The van der Waals surface area contributed by atoms with E-state index in [0.717, 1.165) is 22.4 Å². The van der Waals surface area contributed by atoms with E-state index in [1.807, 2.05) is 26.0 Å². The number of hydrogen-bond donors (Lipinski definition) is 2. The molecule has 0 spiro atoms. The summed E-state index contributed by atoms with van der Waals surface area (Å²) in [6, 6.07) is 10.4. The first-order valence-corrected chi connectivity index (χ1v) is 7.24. The zero-order valence-electron chi connectivity index (χ0n) is 13.5. The Morgan fingerprint density at radius 2 is 1.74 bits per heavy atom. The van der Waals surface area contributed by atoms with E-state index in [1.165, 1.54) is 0 Å². The molecule has 0 heterocycles. The van der Waals surface area contributed by atoms with Gasteiger partial charge in [0, 0.05) is 11.3 Å². The minimum Gasteiger partial charge on any atom is -0.496 e. The first kappa shape index (κ1) is 16.5. The molecular weight excluding hydrogens is 292 g/mol. The first-order chi connectivity index (χ1) is 10.9. The molecule has 5 heteroatoms. The maximum Gasteiger partial charge on any atom is 0.248 e. The average Bonchev–Trinajstić information content (AvgIpc) is 2.51. The van der Waals surface area contributed by atoms with Crippen LogP contribution in [-0.2, 0) is 11.2 Å². The number of nitrogens with two attached hydrogens (primary N) is 1. The third-order valence-electron chi connectivity index (χ3n) is 3.66. The summed E-state index contributed by atoms with van der Waals surface area (Å²) >= 11 is 0. The second-order valence-corrected chi connectivity index (χ2v) is 5.41.